The van der Waals surface area contributed by atoms with Crippen LogP contribution in [0, 0.1) is 13.8 Å². The van der Waals surface area contributed by atoms with Gasteiger partial charge in [-0.1, -0.05) is 73.7 Å². The predicted molar refractivity (Wildman–Crippen MR) is 151 cm³/mol. The van der Waals surface area contributed by atoms with E-state index in [1.807, 2.05) is 92.5 Å². The fraction of sp³-hybridized carbons (Fsp3) is 0.290. The largest absolute Gasteiger partial charge is 0.361 e. The SMILES string of the molecule is CCCN(CC(=O)N(CCc1c[nH]c2ccccc12)Cc1ccccc1)C(=O)Nc1c(C)cccc1C. The Morgan fingerprint density at radius 3 is 2.27 bits per heavy atom. The Kier molecular flexibility index (Phi) is 8.62. The highest BCUT2D eigenvalue weighted by Crippen LogP contribution is 2.21. The van der Waals surface area contributed by atoms with Crippen LogP contribution in [-0.4, -0.2) is 46.4 Å². The summed E-state index contributed by atoms with van der Waals surface area (Å²) in [6, 6.07) is 23.9. The summed E-state index contributed by atoms with van der Waals surface area (Å²) >= 11 is 0. The van der Waals surface area contributed by atoms with E-state index in [1.54, 1.807) is 4.90 Å². The number of aryl methyl sites for hydroxylation is 2. The summed E-state index contributed by atoms with van der Waals surface area (Å²) in [5.74, 6) is -0.0613. The van der Waals surface area contributed by atoms with Crippen LogP contribution >= 0.6 is 0 Å². The van der Waals surface area contributed by atoms with Gasteiger partial charge in [-0.3, -0.25) is 4.79 Å². The number of hydrogen-bond acceptors (Lipinski definition) is 2. The van der Waals surface area contributed by atoms with Crippen molar-refractivity contribution in [3.05, 3.63) is 101 Å². The molecule has 37 heavy (non-hydrogen) atoms. The lowest BCUT2D eigenvalue weighted by Crippen LogP contribution is -2.45. The minimum absolute atomic E-state index is 0.0331. The molecule has 3 amide bonds. The highest BCUT2D eigenvalue weighted by atomic mass is 16.2. The molecule has 0 unspecified atom stereocenters. The number of urea groups is 1. The van der Waals surface area contributed by atoms with Gasteiger partial charge in [-0.2, -0.15) is 0 Å². The number of nitrogens with one attached hydrogen (secondary N) is 2. The summed E-state index contributed by atoms with van der Waals surface area (Å²) in [6.07, 6.45) is 3.52. The zero-order chi connectivity index (χ0) is 26.2. The van der Waals surface area contributed by atoms with Crippen molar-refractivity contribution in [1.29, 1.82) is 0 Å². The first-order chi connectivity index (χ1) is 18.0. The maximum atomic E-state index is 13.6. The highest BCUT2D eigenvalue weighted by Gasteiger charge is 2.22. The number of benzene rings is 3. The number of carbonyl (C=O) groups is 2. The first-order valence-corrected chi connectivity index (χ1v) is 12.9. The van der Waals surface area contributed by atoms with E-state index in [1.165, 1.54) is 10.9 Å². The molecule has 0 spiro atoms. The maximum Gasteiger partial charge on any atom is 0.322 e. The van der Waals surface area contributed by atoms with Crippen molar-refractivity contribution in [2.75, 3.05) is 25.0 Å². The molecule has 4 aromatic rings. The molecule has 0 saturated heterocycles. The van der Waals surface area contributed by atoms with Gasteiger partial charge in [0.25, 0.3) is 0 Å². The van der Waals surface area contributed by atoms with Crippen molar-refractivity contribution < 1.29 is 9.59 Å². The van der Waals surface area contributed by atoms with Crippen LogP contribution in [0.3, 0.4) is 0 Å². The summed E-state index contributed by atoms with van der Waals surface area (Å²) < 4.78 is 0. The van der Waals surface area contributed by atoms with Crippen LogP contribution < -0.4 is 5.32 Å². The summed E-state index contributed by atoms with van der Waals surface area (Å²) in [5, 5.41) is 4.22. The van der Waals surface area contributed by atoms with E-state index in [9.17, 15) is 9.59 Å². The Balaban J connectivity index is 1.50. The van der Waals surface area contributed by atoms with Crippen LogP contribution in [0.5, 0.6) is 0 Å². The molecule has 4 rings (SSSR count). The van der Waals surface area contributed by atoms with Gasteiger partial charge in [0.2, 0.25) is 5.91 Å². The Morgan fingerprint density at radius 1 is 0.838 bits per heavy atom. The fourth-order valence-electron chi connectivity index (χ4n) is 4.67. The number of carbonyl (C=O) groups excluding carboxylic acids is 2. The lowest BCUT2D eigenvalue weighted by molar-refractivity contribution is -0.132. The molecule has 0 aliphatic heterocycles. The van der Waals surface area contributed by atoms with E-state index in [0.717, 1.165) is 40.7 Å². The van der Waals surface area contributed by atoms with E-state index in [-0.39, 0.29) is 18.5 Å². The number of anilines is 1. The molecule has 0 atom stereocenters. The molecule has 6 nitrogen and oxygen atoms in total. The molecule has 2 N–H and O–H groups in total. The number of hydrogen-bond donors (Lipinski definition) is 2. The monoisotopic (exact) mass is 496 g/mol. The minimum Gasteiger partial charge on any atom is -0.361 e. The third-order valence-electron chi connectivity index (χ3n) is 6.71. The number of para-hydroxylation sites is 2. The average Bonchev–Trinajstić information content (AvgIpc) is 3.32. The van der Waals surface area contributed by atoms with Crippen LogP contribution in [0.4, 0.5) is 10.5 Å². The van der Waals surface area contributed by atoms with Crippen LogP contribution in [0.1, 0.15) is 35.6 Å². The zero-order valence-electron chi connectivity index (χ0n) is 22.0. The average molecular weight is 497 g/mol. The Hall–Kier alpha value is -4.06. The Bertz CT molecular complexity index is 1330. The number of nitrogens with zero attached hydrogens (tertiary/aromatic N) is 2. The van der Waals surface area contributed by atoms with E-state index in [4.69, 9.17) is 0 Å². The lowest BCUT2D eigenvalue weighted by atomic mass is 10.1. The third kappa shape index (κ3) is 6.58. The number of amides is 3. The summed E-state index contributed by atoms with van der Waals surface area (Å²) in [7, 11) is 0. The van der Waals surface area contributed by atoms with E-state index < -0.39 is 0 Å². The van der Waals surface area contributed by atoms with Gasteiger partial charge in [0.15, 0.2) is 0 Å². The molecule has 0 radical (unpaired) electrons. The van der Waals surface area contributed by atoms with Crippen molar-refractivity contribution >= 4 is 28.5 Å². The van der Waals surface area contributed by atoms with E-state index in [2.05, 4.69) is 22.4 Å². The third-order valence-corrected chi connectivity index (χ3v) is 6.71. The topological polar surface area (TPSA) is 68.4 Å². The fourth-order valence-corrected chi connectivity index (χ4v) is 4.67. The van der Waals surface area contributed by atoms with E-state index >= 15 is 0 Å². The second kappa shape index (κ2) is 12.3. The van der Waals surface area contributed by atoms with Crippen molar-refractivity contribution in [2.24, 2.45) is 0 Å². The predicted octanol–water partition coefficient (Wildman–Crippen LogP) is 6.30. The smallest absolute Gasteiger partial charge is 0.322 e. The van der Waals surface area contributed by atoms with Gasteiger partial charge >= 0.3 is 6.03 Å². The molecule has 0 bridgehead atoms. The lowest BCUT2D eigenvalue weighted by Gasteiger charge is -2.28. The first-order valence-electron chi connectivity index (χ1n) is 12.9. The second-order valence-electron chi connectivity index (χ2n) is 9.53. The van der Waals surface area contributed by atoms with Crippen LogP contribution in [0.15, 0.2) is 79.0 Å². The standard InChI is InChI=1S/C31H36N4O2/c1-4-18-35(31(37)33-30-23(2)11-10-12-24(30)3)22-29(36)34(21-25-13-6-5-7-14-25)19-17-26-20-32-28-16-9-8-15-27(26)28/h5-16,20,32H,4,17-19,21-22H2,1-3H3,(H,33,37). The maximum absolute atomic E-state index is 13.6. The summed E-state index contributed by atoms with van der Waals surface area (Å²) in [6.45, 7) is 7.57. The second-order valence-corrected chi connectivity index (χ2v) is 9.53. The molecule has 1 heterocycles. The van der Waals surface area contributed by atoms with Crippen LogP contribution in [-0.2, 0) is 17.8 Å². The molecule has 3 aromatic carbocycles. The quantitative estimate of drug-likeness (QED) is 0.271. The number of H-pyrrole nitrogens is 1. The molecule has 192 valence electrons. The van der Waals surface area contributed by atoms with Crippen molar-refractivity contribution in [3.8, 4) is 0 Å². The highest BCUT2D eigenvalue weighted by molar-refractivity contribution is 5.93. The van der Waals surface area contributed by atoms with E-state index in [0.29, 0.717) is 19.6 Å². The Labute approximate surface area is 219 Å². The number of rotatable bonds is 10. The molecule has 0 aliphatic carbocycles. The minimum atomic E-state index is -0.246. The zero-order valence-corrected chi connectivity index (χ0v) is 22.0. The molecule has 6 heteroatoms. The van der Waals surface area contributed by atoms with Crippen LogP contribution in [0.25, 0.3) is 10.9 Å². The Morgan fingerprint density at radius 2 is 1.54 bits per heavy atom. The molecular weight excluding hydrogens is 460 g/mol. The first kappa shape index (κ1) is 26.0. The molecular formula is C31H36N4O2. The summed E-state index contributed by atoms with van der Waals surface area (Å²) in [5.41, 5.74) is 6.15. The van der Waals surface area contributed by atoms with Gasteiger partial charge in [0.1, 0.15) is 6.54 Å². The number of aromatic amines is 1. The van der Waals surface area contributed by atoms with Crippen molar-refractivity contribution in [3.63, 3.8) is 0 Å². The number of fused-ring (bicyclic) bond motifs is 1. The normalized spacial score (nSPS) is 10.9. The van der Waals surface area contributed by atoms with Gasteiger partial charge in [-0.15, -0.1) is 0 Å². The van der Waals surface area contributed by atoms with Gasteiger partial charge in [0, 0.05) is 42.4 Å². The number of aromatic nitrogens is 1. The molecule has 0 saturated carbocycles. The van der Waals surface area contributed by atoms with Crippen LogP contribution in [0.2, 0.25) is 0 Å². The van der Waals surface area contributed by atoms with Gasteiger partial charge in [-0.05, 0) is 55.0 Å². The van der Waals surface area contributed by atoms with Crippen molar-refractivity contribution in [1.82, 2.24) is 14.8 Å². The van der Waals surface area contributed by atoms with Gasteiger partial charge in [0.05, 0.1) is 0 Å². The molecule has 0 aliphatic rings. The van der Waals surface area contributed by atoms with Gasteiger partial charge < -0.3 is 20.1 Å². The molecule has 1 aromatic heterocycles. The molecule has 0 fully saturated rings. The summed E-state index contributed by atoms with van der Waals surface area (Å²) in [4.78, 5) is 33.7. The van der Waals surface area contributed by atoms with Crippen molar-refractivity contribution in [2.45, 2.75) is 40.2 Å². The van der Waals surface area contributed by atoms with Gasteiger partial charge in [-0.25, -0.2) is 4.79 Å².